The average Bonchev–Trinajstić information content (AvgIpc) is 2.11. The standard InChI is InChI=1S/C12H18O7/c1-12(2,6-11(18)19)5-8(13)7(3-9(14)15)4-10(16)17/h7H,3-6H2,1-2H3,(H,14,15)(H,16,17)(H,18,19). The number of aliphatic carboxylic acids is 3. The Labute approximate surface area is 110 Å². The minimum absolute atomic E-state index is 0.162. The predicted octanol–water partition coefficient (Wildman–Crippen LogP) is 1.01. The van der Waals surface area contributed by atoms with Gasteiger partial charge in [0.25, 0.3) is 0 Å². The maximum Gasteiger partial charge on any atom is 0.304 e. The lowest BCUT2D eigenvalue weighted by atomic mass is 9.80. The Kier molecular flexibility index (Phi) is 6.17. The fourth-order valence-corrected chi connectivity index (χ4v) is 1.81. The molecule has 0 saturated carbocycles. The molecule has 0 amide bonds. The number of Topliss-reactive ketones (excluding diaryl/α,β-unsaturated/α-hetero) is 1. The molecule has 0 heterocycles. The fourth-order valence-electron chi connectivity index (χ4n) is 1.81. The van der Waals surface area contributed by atoms with Gasteiger partial charge in [0.15, 0.2) is 0 Å². The Balaban J connectivity index is 4.75. The van der Waals surface area contributed by atoms with Crippen molar-refractivity contribution in [1.82, 2.24) is 0 Å². The highest BCUT2D eigenvalue weighted by Crippen LogP contribution is 2.28. The third kappa shape index (κ3) is 7.91. The van der Waals surface area contributed by atoms with Crippen molar-refractivity contribution in [3.8, 4) is 0 Å². The summed E-state index contributed by atoms with van der Waals surface area (Å²) in [6.45, 7) is 3.13. The molecule has 7 nitrogen and oxygen atoms in total. The summed E-state index contributed by atoms with van der Waals surface area (Å²) in [4.78, 5) is 43.7. The van der Waals surface area contributed by atoms with Crippen molar-refractivity contribution in [2.24, 2.45) is 11.3 Å². The Morgan fingerprint density at radius 2 is 1.26 bits per heavy atom. The molecule has 0 aliphatic carbocycles. The fraction of sp³-hybridized carbons (Fsp3) is 0.667. The van der Waals surface area contributed by atoms with E-state index in [4.69, 9.17) is 15.3 Å². The highest BCUT2D eigenvalue weighted by Gasteiger charge is 2.31. The Bertz CT molecular complexity index is 368. The molecular weight excluding hydrogens is 256 g/mol. The molecule has 0 saturated heterocycles. The van der Waals surface area contributed by atoms with E-state index in [9.17, 15) is 19.2 Å². The van der Waals surface area contributed by atoms with E-state index in [1.165, 1.54) is 0 Å². The number of carboxylic acid groups (broad SMARTS) is 3. The van der Waals surface area contributed by atoms with E-state index >= 15 is 0 Å². The molecule has 0 fully saturated rings. The molecular formula is C12H18O7. The molecule has 7 heteroatoms. The largest absolute Gasteiger partial charge is 0.481 e. The van der Waals surface area contributed by atoms with Gasteiger partial charge in [0, 0.05) is 12.3 Å². The maximum atomic E-state index is 11.9. The van der Waals surface area contributed by atoms with Gasteiger partial charge in [-0.3, -0.25) is 19.2 Å². The van der Waals surface area contributed by atoms with E-state index in [0.717, 1.165) is 0 Å². The van der Waals surface area contributed by atoms with Crippen LogP contribution in [0.15, 0.2) is 0 Å². The third-order valence-corrected chi connectivity index (χ3v) is 2.58. The summed E-state index contributed by atoms with van der Waals surface area (Å²) in [5, 5.41) is 26.0. The maximum absolute atomic E-state index is 11.9. The molecule has 0 aromatic heterocycles. The molecule has 0 rings (SSSR count). The van der Waals surface area contributed by atoms with E-state index in [2.05, 4.69) is 0 Å². The molecule has 0 aliphatic rings. The average molecular weight is 274 g/mol. The van der Waals surface area contributed by atoms with Crippen molar-refractivity contribution < 1.29 is 34.5 Å². The first-order valence-corrected chi connectivity index (χ1v) is 5.71. The summed E-state index contributed by atoms with van der Waals surface area (Å²) in [6.07, 6.45) is -1.53. The molecule has 0 aromatic rings. The van der Waals surface area contributed by atoms with Gasteiger partial charge in [-0.25, -0.2) is 0 Å². The summed E-state index contributed by atoms with van der Waals surface area (Å²) in [6, 6.07) is 0. The zero-order valence-corrected chi connectivity index (χ0v) is 10.9. The minimum Gasteiger partial charge on any atom is -0.481 e. The Morgan fingerprint density at radius 1 is 0.842 bits per heavy atom. The molecule has 0 aliphatic heterocycles. The summed E-state index contributed by atoms with van der Waals surface area (Å²) in [5.41, 5.74) is -0.835. The monoisotopic (exact) mass is 274 g/mol. The summed E-state index contributed by atoms with van der Waals surface area (Å²) in [7, 11) is 0. The highest BCUT2D eigenvalue weighted by molar-refractivity contribution is 5.88. The van der Waals surface area contributed by atoms with Gasteiger partial charge in [0.1, 0.15) is 5.78 Å². The number of hydrogen-bond acceptors (Lipinski definition) is 4. The van der Waals surface area contributed by atoms with Crippen LogP contribution in [-0.4, -0.2) is 39.0 Å². The van der Waals surface area contributed by atoms with Gasteiger partial charge in [0.2, 0.25) is 0 Å². The number of hydrogen-bond donors (Lipinski definition) is 3. The van der Waals surface area contributed by atoms with Crippen LogP contribution in [0.3, 0.4) is 0 Å². The zero-order valence-electron chi connectivity index (χ0n) is 10.9. The first-order valence-electron chi connectivity index (χ1n) is 5.71. The molecule has 0 atom stereocenters. The number of rotatable bonds is 9. The normalized spacial score (nSPS) is 11.3. The SMILES string of the molecule is CC(C)(CC(=O)O)CC(=O)C(CC(=O)O)CC(=O)O. The smallest absolute Gasteiger partial charge is 0.304 e. The lowest BCUT2D eigenvalue weighted by molar-refractivity contribution is -0.146. The molecule has 108 valence electrons. The lowest BCUT2D eigenvalue weighted by Gasteiger charge is -2.23. The quantitative estimate of drug-likeness (QED) is 0.572. The van der Waals surface area contributed by atoms with E-state index in [1.807, 2.05) is 0 Å². The van der Waals surface area contributed by atoms with Crippen LogP contribution >= 0.6 is 0 Å². The van der Waals surface area contributed by atoms with Crippen LogP contribution in [-0.2, 0) is 19.2 Å². The van der Waals surface area contributed by atoms with Gasteiger partial charge in [-0.15, -0.1) is 0 Å². The molecule has 0 radical (unpaired) electrons. The van der Waals surface area contributed by atoms with E-state index < -0.39 is 47.9 Å². The van der Waals surface area contributed by atoms with Crippen molar-refractivity contribution in [1.29, 1.82) is 0 Å². The molecule has 0 bridgehead atoms. The number of carbonyl (C=O) groups is 4. The third-order valence-electron chi connectivity index (χ3n) is 2.58. The van der Waals surface area contributed by atoms with Crippen LogP contribution in [0.4, 0.5) is 0 Å². The van der Waals surface area contributed by atoms with Gasteiger partial charge < -0.3 is 15.3 Å². The Morgan fingerprint density at radius 3 is 1.58 bits per heavy atom. The van der Waals surface area contributed by atoms with Crippen LogP contribution in [0.1, 0.15) is 39.5 Å². The summed E-state index contributed by atoms with van der Waals surface area (Å²) >= 11 is 0. The predicted molar refractivity (Wildman–Crippen MR) is 63.7 cm³/mol. The number of ketones is 1. The molecule has 0 aromatic carbocycles. The molecule has 19 heavy (non-hydrogen) atoms. The minimum atomic E-state index is -1.25. The highest BCUT2D eigenvalue weighted by atomic mass is 16.4. The van der Waals surface area contributed by atoms with E-state index in [0.29, 0.717) is 0 Å². The lowest BCUT2D eigenvalue weighted by Crippen LogP contribution is -2.28. The van der Waals surface area contributed by atoms with Crippen LogP contribution in [0, 0.1) is 11.3 Å². The second-order valence-corrected chi connectivity index (χ2v) is 5.27. The van der Waals surface area contributed by atoms with E-state index in [-0.39, 0.29) is 12.8 Å². The van der Waals surface area contributed by atoms with Gasteiger partial charge in [-0.05, 0) is 5.41 Å². The number of carbonyl (C=O) groups excluding carboxylic acids is 1. The zero-order chi connectivity index (χ0) is 15.2. The van der Waals surface area contributed by atoms with Crippen LogP contribution in [0.2, 0.25) is 0 Å². The van der Waals surface area contributed by atoms with Crippen LogP contribution in [0.5, 0.6) is 0 Å². The molecule has 0 spiro atoms. The van der Waals surface area contributed by atoms with Gasteiger partial charge >= 0.3 is 17.9 Å². The topological polar surface area (TPSA) is 129 Å². The second kappa shape index (κ2) is 6.86. The van der Waals surface area contributed by atoms with Crippen LogP contribution in [0.25, 0.3) is 0 Å². The summed E-state index contributed by atoms with van der Waals surface area (Å²) in [5.74, 6) is -5.23. The first-order chi connectivity index (χ1) is 8.53. The van der Waals surface area contributed by atoms with Crippen LogP contribution < -0.4 is 0 Å². The van der Waals surface area contributed by atoms with Gasteiger partial charge in [0.05, 0.1) is 19.3 Å². The number of carboxylic acids is 3. The molecule has 0 unspecified atom stereocenters. The van der Waals surface area contributed by atoms with E-state index in [1.54, 1.807) is 13.8 Å². The van der Waals surface area contributed by atoms with Crippen molar-refractivity contribution >= 4 is 23.7 Å². The first kappa shape index (κ1) is 17.1. The van der Waals surface area contributed by atoms with Gasteiger partial charge in [-0.2, -0.15) is 0 Å². The van der Waals surface area contributed by atoms with Crippen molar-refractivity contribution in [3.05, 3.63) is 0 Å². The van der Waals surface area contributed by atoms with Gasteiger partial charge in [-0.1, -0.05) is 13.8 Å². The van der Waals surface area contributed by atoms with Crippen molar-refractivity contribution in [3.63, 3.8) is 0 Å². The Hall–Kier alpha value is -1.92. The second-order valence-electron chi connectivity index (χ2n) is 5.27. The van der Waals surface area contributed by atoms with Crippen molar-refractivity contribution in [2.45, 2.75) is 39.5 Å². The molecule has 3 N–H and O–H groups in total. The van der Waals surface area contributed by atoms with Crippen molar-refractivity contribution in [2.75, 3.05) is 0 Å². The summed E-state index contributed by atoms with van der Waals surface area (Å²) < 4.78 is 0.